The molecule has 3 N–H and O–H groups in total. The molecule has 1 fully saturated rings. The molecule has 4 rings (SSSR count). The maximum absolute atomic E-state index is 14.4. The van der Waals surface area contributed by atoms with E-state index in [0.29, 0.717) is 23.8 Å². The van der Waals surface area contributed by atoms with Crippen LogP contribution >= 0.6 is 22.9 Å². The highest BCUT2D eigenvalue weighted by atomic mass is 35.5. The van der Waals surface area contributed by atoms with Crippen molar-refractivity contribution in [3.8, 4) is 0 Å². The largest absolute Gasteiger partial charge is 0.366 e. The summed E-state index contributed by atoms with van der Waals surface area (Å²) in [6.45, 7) is 1.72. The van der Waals surface area contributed by atoms with E-state index < -0.39 is 21.7 Å². The summed E-state index contributed by atoms with van der Waals surface area (Å²) in [4.78, 5) is 21.3. The topological polar surface area (TPSA) is 113 Å². The van der Waals surface area contributed by atoms with Gasteiger partial charge in [-0.1, -0.05) is 18.5 Å². The van der Waals surface area contributed by atoms with Gasteiger partial charge in [-0.3, -0.25) is 9.52 Å². The molecule has 2 heterocycles. The van der Waals surface area contributed by atoms with Crippen molar-refractivity contribution in [1.29, 1.82) is 0 Å². The summed E-state index contributed by atoms with van der Waals surface area (Å²) in [5.41, 5.74) is 0.360. The van der Waals surface area contributed by atoms with E-state index in [1.54, 1.807) is 12.3 Å². The molecule has 0 spiro atoms. The van der Waals surface area contributed by atoms with E-state index >= 15 is 0 Å². The fourth-order valence-electron chi connectivity index (χ4n) is 2.95. The minimum atomic E-state index is -3.64. The van der Waals surface area contributed by atoms with Crippen LogP contribution in [0.4, 0.5) is 21.6 Å². The smallest absolute Gasteiger partial charge is 0.258 e. The van der Waals surface area contributed by atoms with Gasteiger partial charge in [-0.15, -0.1) is 11.3 Å². The zero-order chi connectivity index (χ0) is 22.2. The standard InChI is InChI=1S/C19H19ClFN5O3S2/c1-2-7-31(28,29)26-13-6-5-12(21)16(14(13)20)25-19(27)11-8-30-17-15(11)22-9-23-18(17)24-10-3-4-10/h5-6,8-10,26H,2-4,7H2,1H3,(H,25,27)(H,22,23,24). The van der Waals surface area contributed by atoms with E-state index in [0.717, 1.165) is 23.6 Å². The number of aromatic nitrogens is 2. The van der Waals surface area contributed by atoms with Crippen LogP contribution in [-0.4, -0.2) is 36.1 Å². The van der Waals surface area contributed by atoms with Gasteiger partial charge in [0.1, 0.15) is 18.0 Å². The van der Waals surface area contributed by atoms with Crippen molar-refractivity contribution in [2.45, 2.75) is 32.2 Å². The van der Waals surface area contributed by atoms with Crippen molar-refractivity contribution in [3.05, 3.63) is 40.2 Å². The molecule has 2 aromatic heterocycles. The highest BCUT2D eigenvalue weighted by molar-refractivity contribution is 7.92. The molecule has 164 valence electrons. The SMILES string of the molecule is CCCS(=O)(=O)Nc1ccc(F)c(NC(=O)c2csc3c(NC4CC4)ncnc23)c1Cl. The van der Waals surface area contributed by atoms with Crippen LogP contribution in [0.2, 0.25) is 5.02 Å². The Morgan fingerprint density at radius 3 is 2.81 bits per heavy atom. The normalized spacial score (nSPS) is 13.9. The molecule has 31 heavy (non-hydrogen) atoms. The van der Waals surface area contributed by atoms with E-state index in [-0.39, 0.29) is 27.7 Å². The van der Waals surface area contributed by atoms with Crippen LogP contribution in [0.1, 0.15) is 36.5 Å². The van der Waals surface area contributed by atoms with Gasteiger partial charge in [0.2, 0.25) is 10.0 Å². The Balaban J connectivity index is 1.62. The lowest BCUT2D eigenvalue weighted by atomic mass is 10.2. The van der Waals surface area contributed by atoms with E-state index in [9.17, 15) is 17.6 Å². The average Bonchev–Trinajstić information content (AvgIpc) is 3.42. The molecule has 0 atom stereocenters. The minimum absolute atomic E-state index is 0.0137. The second-order valence-electron chi connectivity index (χ2n) is 7.13. The lowest BCUT2D eigenvalue weighted by Crippen LogP contribution is -2.18. The summed E-state index contributed by atoms with van der Waals surface area (Å²) in [5, 5.41) is 7.13. The highest BCUT2D eigenvalue weighted by Crippen LogP contribution is 2.36. The molecule has 0 bridgehead atoms. The van der Waals surface area contributed by atoms with Crippen molar-refractivity contribution in [3.63, 3.8) is 0 Å². The number of thiophene rings is 1. The van der Waals surface area contributed by atoms with Gasteiger partial charge >= 0.3 is 0 Å². The first-order valence-electron chi connectivity index (χ1n) is 9.57. The van der Waals surface area contributed by atoms with E-state index in [2.05, 4.69) is 25.3 Å². The predicted octanol–water partition coefficient (Wildman–Crippen LogP) is 4.46. The van der Waals surface area contributed by atoms with Gasteiger partial charge in [0.25, 0.3) is 5.91 Å². The number of fused-ring (bicyclic) bond motifs is 1. The van der Waals surface area contributed by atoms with Gasteiger partial charge in [-0.2, -0.15) is 0 Å². The Morgan fingerprint density at radius 1 is 1.32 bits per heavy atom. The Kier molecular flexibility index (Phi) is 6.00. The molecule has 1 aliphatic rings. The molecule has 0 saturated heterocycles. The molecule has 1 amide bonds. The van der Waals surface area contributed by atoms with Gasteiger partial charge in [0.05, 0.1) is 37.9 Å². The average molecular weight is 484 g/mol. The van der Waals surface area contributed by atoms with Gasteiger partial charge in [0.15, 0.2) is 0 Å². The van der Waals surface area contributed by atoms with Crippen LogP contribution in [0.25, 0.3) is 10.2 Å². The lowest BCUT2D eigenvalue weighted by molar-refractivity contribution is 0.102. The Morgan fingerprint density at radius 2 is 2.10 bits per heavy atom. The quantitative estimate of drug-likeness (QED) is 0.436. The molecule has 1 aliphatic carbocycles. The van der Waals surface area contributed by atoms with Crippen LogP contribution in [0, 0.1) is 5.82 Å². The number of benzene rings is 1. The number of halogens is 2. The molecule has 0 unspecified atom stereocenters. The maximum atomic E-state index is 14.4. The maximum Gasteiger partial charge on any atom is 0.258 e. The lowest BCUT2D eigenvalue weighted by Gasteiger charge is -2.13. The zero-order valence-corrected chi connectivity index (χ0v) is 18.8. The first-order valence-corrected chi connectivity index (χ1v) is 12.5. The summed E-state index contributed by atoms with van der Waals surface area (Å²) in [7, 11) is -3.64. The van der Waals surface area contributed by atoms with E-state index in [1.165, 1.54) is 23.7 Å². The summed E-state index contributed by atoms with van der Waals surface area (Å²) in [6, 6.07) is 2.63. The fourth-order valence-corrected chi connectivity index (χ4v) is 5.35. The number of carbonyl (C=O) groups is 1. The van der Waals surface area contributed by atoms with E-state index in [1.807, 2.05) is 0 Å². The monoisotopic (exact) mass is 483 g/mol. The first-order chi connectivity index (χ1) is 14.8. The van der Waals surface area contributed by atoms with E-state index in [4.69, 9.17) is 11.6 Å². The van der Waals surface area contributed by atoms with Crippen molar-refractivity contribution in [1.82, 2.24) is 9.97 Å². The number of carbonyl (C=O) groups excluding carboxylic acids is 1. The third-order valence-corrected chi connectivity index (χ3v) is 7.43. The van der Waals surface area contributed by atoms with Crippen molar-refractivity contribution < 1.29 is 17.6 Å². The number of amides is 1. The second-order valence-corrected chi connectivity index (χ2v) is 10.2. The molecule has 12 heteroatoms. The van der Waals surface area contributed by atoms with Crippen LogP contribution in [0.3, 0.4) is 0 Å². The minimum Gasteiger partial charge on any atom is -0.366 e. The van der Waals surface area contributed by atoms with Gasteiger partial charge in [0, 0.05) is 11.4 Å². The summed E-state index contributed by atoms with van der Waals surface area (Å²) >= 11 is 7.53. The Bertz CT molecular complexity index is 1260. The first kappa shape index (κ1) is 21.7. The van der Waals surface area contributed by atoms with Crippen molar-refractivity contribution in [2.75, 3.05) is 21.1 Å². The molecule has 1 saturated carbocycles. The number of rotatable bonds is 8. The van der Waals surface area contributed by atoms with Crippen LogP contribution in [-0.2, 0) is 10.0 Å². The molecular weight excluding hydrogens is 465 g/mol. The Labute approximate surface area is 187 Å². The number of sulfonamides is 1. The highest BCUT2D eigenvalue weighted by Gasteiger charge is 2.25. The fraction of sp³-hybridized carbons (Fsp3) is 0.316. The van der Waals surface area contributed by atoms with Crippen LogP contribution < -0.4 is 15.4 Å². The molecule has 0 radical (unpaired) electrons. The number of nitrogens with one attached hydrogen (secondary N) is 3. The summed E-state index contributed by atoms with van der Waals surface area (Å²) in [5.74, 6) is -0.855. The molecule has 0 aliphatic heterocycles. The zero-order valence-electron chi connectivity index (χ0n) is 16.4. The van der Waals surface area contributed by atoms with Gasteiger partial charge < -0.3 is 10.6 Å². The third kappa shape index (κ3) is 4.73. The van der Waals surface area contributed by atoms with Crippen molar-refractivity contribution in [2.24, 2.45) is 0 Å². The number of hydrogen-bond donors (Lipinski definition) is 3. The molecular formula is C19H19ClFN5O3S2. The molecule has 3 aromatic rings. The van der Waals surface area contributed by atoms with Crippen LogP contribution in [0.5, 0.6) is 0 Å². The second kappa shape index (κ2) is 8.56. The molecule has 1 aromatic carbocycles. The number of nitrogens with zero attached hydrogens (tertiary/aromatic N) is 2. The number of hydrogen-bond acceptors (Lipinski definition) is 7. The van der Waals surface area contributed by atoms with Gasteiger partial charge in [-0.25, -0.2) is 22.8 Å². The summed E-state index contributed by atoms with van der Waals surface area (Å²) in [6.07, 6.45) is 3.91. The molecule has 8 nitrogen and oxygen atoms in total. The predicted molar refractivity (Wildman–Crippen MR) is 121 cm³/mol. The Hall–Kier alpha value is -2.50. The number of anilines is 3. The van der Waals surface area contributed by atoms with Crippen LogP contribution in [0.15, 0.2) is 23.8 Å². The summed E-state index contributed by atoms with van der Waals surface area (Å²) < 4.78 is 41.6. The van der Waals surface area contributed by atoms with Gasteiger partial charge in [-0.05, 0) is 31.4 Å². The van der Waals surface area contributed by atoms with Crippen molar-refractivity contribution >= 4 is 66.3 Å². The third-order valence-electron chi connectivity index (χ3n) is 4.58.